The van der Waals surface area contributed by atoms with Gasteiger partial charge in [0.05, 0.1) is 4.90 Å². The number of hydrogen-bond donors (Lipinski definition) is 0. The highest BCUT2D eigenvalue weighted by atomic mass is 35.5. The predicted octanol–water partition coefficient (Wildman–Crippen LogP) is 3.28. The van der Waals surface area contributed by atoms with Crippen LogP contribution in [0.2, 0.25) is 5.02 Å². The average Bonchev–Trinajstić information content (AvgIpc) is 3.28. The van der Waals surface area contributed by atoms with Crippen LogP contribution < -0.4 is 0 Å². The van der Waals surface area contributed by atoms with Crippen molar-refractivity contribution in [2.75, 3.05) is 26.2 Å². The zero-order valence-corrected chi connectivity index (χ0v) is 17.2. The molecule has 3 aromatic rings. The van der Waals surface area contributed by atoms with Crippen LogP contribution in [0.3, 0.4) is 0 Å². The zero-order chi connectivity index (χ0) is 20.4. The van der Waals surface area contributed by atoms with E-state index in [2.05, 4.69) is 0 Å². The molecular weight excluding hydrogens is 410 g/mol. The minimum Gasteiger partial charge on any atom is -0.336 e. The first-order valence-corrected chi connectivity index (χ1v) is 11.1. The van der Waals surface area contributed by atoms with Crippen molar-refractivity contribution in [1.82, 2.24) is 13.8 Å². The maximum Gasteiger partial charge on any atom is 0.253 e. The van der Waals surface area contributed by atoms with Crippen LogP contribution >= 0.6 is 11.6 Å². The fourth-order valence-electron chi connectivity index (χ4n) is 3.37. The van der Waals surface area contributed by atoms with E-state index in [1.807, 2.05) is 41.2 Å². The van der Waals surface area contributed by atoms with E-state index in [1.165, 1.54) is 16.4 Å². The zero-order valence-electron chi connectivity index (χ0n) is 15.6. The van der Waals surface area contributed by atoms with Gasteiger partial charge in [-0.3, -0.25) is 4.79 Å². The van der Waals surface area contributed by atoms with Crippen molar-refractivity contribution in [3.05, 3.63) is 83.6 Å². The van der Waals surface area contributed by atoms with Gasteiger partial charge in [0.15, 0.2) is 0 Å². The molecule has 1 aliphatic rings. The fraction of sp³-hybridized carbons (Fsp3) is 0.190. The SMILES string of the molecule is O=C(c1ccc(-n2cccc2)cc1)N1CCN(S(=O)(=O)c2cccc(Cl)c2)CC1. The van der Waals surface area contributed by atoms with E-state index >= 15 is 0 Å². The van der Waals surface area contributed by atoms with E-state index in [1.54, 1.807) is 29.2 Å². The Morgan fingerprint density at radius 1 is 0.862 bits per heavy atom. The van der Waals surface area contributed by atoms with E-state index in [4.69, 9.17) is 11.6 Å². The smallest absolute Gasteiger partial charge is 0.253 e. The standard InChI is InChI=1S/C21H20ClN3O3S/c22-18-4-3-5-20(16-18)29(27,28)25-14-12-24(13-15-25)21(26)17-6-8-19(9-7-17)23-10-1-2-11-23/h1-11,16H,12-15H2. The Balaban J connectivity index is 1.42. The van der Waals surface area contributed by atoms with Crippen molar-refractivity contribution < 1.29 is 13.2 Å². The lowest BCUT2D eigenvalue weighted by molar-refractivity contribution is 0.0698. The van der Waals surface area contributed by atoms with Crippen molar-refractivity contribution in [3.8, 4) is 5.69 Å². The van der Waals surface area contributed by atoms with Crippen LogP contribution in [0, 0.1) is 0 Å². The third-order valence-electron chi connectivity index (χ3n) is 4.98. The summed E-state index contributed by atoms with van der Waals surface area (Å²) < 4.78 is 29.0. The molecule has 0 bridgehead atoms. The summed E-state index contributed by atoms with van der Waals surface area (Å²) in [6, 6.07) is 17.5. The summed E-state index contributed by atoms with van der Waals surface area (Å²) in [5, 5.41) is 0.378. The van der Waals surface area contributed by atoms with E-state index in [9.17, 15) is 13.2 Å². The summed E-state index contributed by atoms with van der Waals surface area (Å²) in [6.07, 6.45) is 3.88. The number of nitrogens with zero attached hydrogens (tertiary/aromatic N) is 3. The molecule has 0 aliphatic carbocycles. The molecule has 29 heavy (non-hydrogen) atoms. The highest BCUT2D eigenvalue weighted by Crippen LogP contribution is 2.21. The first-order chi connectivity index (χ1) is 13.9. The van der Waals surface area contributed by atoms with Gasteiger partial charge in [-0.2, -0.15) is 4.31 Å². The second-order valence-electron chi connectivity index (χ2n) is 6.79. The molecule has 0 atom stereocenters. The molecule has 0 spiro atoms. The minimum absolute atomic E-state index is 0.0936. The third-order valence-corrected chi connectivity index (χ3v) is 7.11. The Morgan fingerprint density at radius 3 is 2.14 bits per heavy atom. The Kier molecular flexibility index (Phi) is 5.45. The Bertz CT molecular complexity index is 1100. The van der Waals surface area contributed by atoms with Crippen LogP contribution in [0.4, 0.5) is 0 Å². The normalized spacial score (nSPS) is 15.4. The summed E-state index contributed by atoms with van der Waals surface area (Å²) in [6.45, 7) is 1.19. The van der Waals surface area contributed by atoms with E-state index in [-0.39, 0.29) is 23.9 Å². The number of aromatic nitrogens is 1. The van der Waals surface area contributed by atoms with Gasteiger partial charge in [-0.1, -0.05) is 17.7 Å². The number of amides is 1. The number of rotatable bonds is 4. The number of carbonyl (C=O) groups is 1. The van der Waals surface area contributed by atoms with Crippen LogP contribution in [0.5, 0.6) is 0 Å². The molecule has 6 nitrogen and oxygen atoms in total. The highest BCUT2D eigenvalue weighted by Gasteiger charge is 2.30. The number of carbonyl (C=O) groups excluding carboxylic acids is 1. The monoisotopic (exact) mass is 429 g/mol. The van der Waals surface area contributed by atoms with Gasteiger partial charge >= 0.3 is 0 Å². The van der Waals surface area contributed by atoms with E-state index in [0.29, 0.717) is 23.7 Å². The van der Waals surface area contributed by atoms with Crippen LogP contribution in [-0.4, -0.2) is 54.3 Å². The van der Waals surface area contributed by atoms with Crippen LogP contribution in [0.25, 0.3) is 5.69 Å². The van der Waals surface area contributed by atoms with Crippen molar-refractivity contribution in [2.24, 2.45) is 0 Å². The van der Waals surface area contributed by atoms with Crippen molar-refractivity contribution in [3.63, 3.8) is 0 Å². The highest BCUT2D eigenvalue weighted by molar-refractivity contribution is 7.89. The molecule has 1 saturated heterocycles. The molecule has 2 heterocycles. The first kappa shape index (κ1) is 19.7. The van der Waals surface area contributed by atoms with Crippen molar-refractivity contribution in [1.29, 1.82) is 0 Å². The topological polar surface area (TPSA) is 62.6 Å². The molecule has 8 heteroatoms. The Morgan fingerprint density at radius 2 is 1.52 bits per heavy atom. The first-order valence-electron chi connectivity index (χ1n) is 9.23. The number of benzene rings is 2. The summed E-state index contributed by atoms with van der Waals surface area (Å²) in [5.74, 6) is -0.0936. The molecule has 0 N–H and O–H groups in total. The number of piperazine rings is 1. The van der Waals surface area contributed by atoms with Gasteiger partial charge in [-0.15, -0.1) is 0 Å². The number of halogens is 1. The minimum atomic E-state index is -3.62. The molecule has 2 aromatic carbocycles. The van der Waals surface area contributed by atoms with Gasteiger partial charge < -0.3 is 9.47 Å². The molecule has 0 saturated carbocycles. The molecule has 0 unspecified atom stereocenters. The molecule has 4 rings (SSSR count). The second-order valence-corrected chi connectivity index (χ2v) is 9.17. The maximum absolute atomic E-state index is 12.8. The molecular formula is C21H20ClN3O3S. The lowest BCUT2D eigenvalue weighted by Gasteiger charge is -2.34. The van der Waals surface area contributed by atoms with Crippen LogP contribution in [-0.2, 0) is 10.0 Å². The molecule has 1 aromatic heterocycles. The maximum atomic E-state index is 12.8. The molecule has 150 valence electrons. The number of hydrogen-bond acceptors (Lipinski definition) is 3. The Hall–Kier alpha value is -2.61. The average molecular weight is 430 g/mol. The molecule has 1 fully saturated rings. The number of sulfonamides is 1. The fourth-order valence-corrected chi connectivity index (χ4v) is 5.10. The lowest BCUT2D eigenvalue weighted by atomic mass is 10.1. The summed E-state index contributed by atoms with van der Waals surface area (Å²) in [7, 11) is -3.62. The summed E-state index contributed by atoms with van der Waals surface area (Å²) in [4.78, 5) is 14.7. The van der Waals surface area contributed by atoms with Gasteiger partial charge in [-0.05, 0) is 54.6 Å². The van der Waals surface area contributed by atoms with E-state index in [0.717, 1.165) is 5.69 Å². The van der Waals surface area contributed by atoms with E-state index < -0.39 is 10.0 Å². The molecule has 1 aliphatic heterocycles. The van der Waals surface area contributed by atoms with Gasteiger partial charge in [0, 0.05) is 54.8 Å². The van der Waals surface area contributed by atoms with Crippen LogP contribution in [0.1, 0.15) is 10.4 Å². The van der Waals surface area contributed by atoms with Crippen molar-refractivity contribution in [2.45, 2.75) is 4.90 Å². The second kappa shape index (κ2) is 8.02. The van der Waals surface area contributed by atoms with Gasteiger partial charge in [0.2, 0.25) is 10.0 Å². The third kappa shape index (κ3) is 4.07. The van der Waals surface area contributed by atoms with Gasteiger partial charge in [0.25, 0.3) is 5.91 Å². The largest absolute Gasteiger partial charge is 0.336 e. The molecule has 1 amide bonds. The van der Waals surface area contributed by atoms with Crippen molar-refractivity contribution >= 4 is 27.5 Å². The quantitative estimate of drug-likeness (QED) is 0.639. The summed E-state index contributed by atoms with van der Waals surface area (Å²) in [5.41, 5.74) is 1.57. The predicted molar refractivity (Wildman–Crippen MR) is 112 cm³/mol. The lowest BCUT2D eigenvalue weighted by Crippen LogP contribution is -2.50. The van der Waals surface area contributed by atoms with Crippen LogP contribution in [0.15, 0.2) is 78.0 Å². The Labute approximate surface area is 175 Å². The van der Waals surface area contributed by atoms with Gasteiger partial charge in [0.1, 0.15) is 0 Å². The summed E-state index contributed by atoms with van der Waals surface area (Å²) >= 11 is 5.93. The van der Waals surface area contributed by atoms with Gasteiger partial charge in [-0.25, -0.2) is 8.42 Å². The molecule has 0 radical (unpaired) electrons.